The molecule has 4 rings (SSSR count). The van der Waals surface area contributed by atoms with E-state index in [1.807, 2.05) is 84.9 Å². The normalized spacial score (nSPS) is 15.6. The van der Waals surface area contributed by atoms with E-state index in [0.717, 1.165) is 11.1 Å². The number of aliphatic hydroxyl groups is 1. The third kappa shape index (κ3) is 5.90. The molecule has 0 spiro atoms. The van der Waals surface area contributed by atoms with Crippen LogP contribution in [0.2, 0.25) is 0 Å². The first kappa shape index (κ1) is 24.9. The van der Waals surface area contributed by atoms with Gasteiger partial charge in [0.15, 0.2) is 11.5 Å². The zero-order valence-corrected chi connectivity index (χ0v) is 20.2. The number of nitrogens with zero attached hydrogens (tertiary/aromatic N) is 1. The Balaban J connectivity index is 1.63. The van der Waals surface area contributed by atoms with Gasteiger partial charge < -0.3 is 19.5 Å². The summed E-state index contributed by atoms with van der Waals surface area (Å²) < 4.78 is 11.1. The van der Waals surface area contributed by atoms with Crippen molar-refractivity contribution in [2.75, 3.05) is 20.3 Å². The molecule has 0 bridgehead atoms. The fourth-order valence-corrected chi connectivity index (χ4v) is 4.20. The number of rotatable bonds is 11. The van der Waals surface area contributed by atoms with Crippen LogP contribution in [0.1, 0.15) is 29.2 Å². The molecule has 1 aliphatic rings. The Hall–Kier alpha value is -4.16. The zero-order chi connectivity index (χ0) is 25.3. The molecule has 0 saturated heterocycles. The monoisotopic (exact) mass is 483 g/mol. The highest BCUT2D eigenvalue weighted by atomic mass is 16.5. The third-order valence-electron chi connectivity index (χ3n) is 5.97. The van der Waals surface area contributed by atoms with Gasteiger partial charge in [-0.3, -0.25) is 9.59 Å². The predicted molar refractivity (Wildman–Crippen MR) is 138 cm³/mol. The van der Waals surface area contributed by atoms with Crippen molar-refractivity contribution >= 4 is 17.8 Å². The lowest BCUT2D eigenvalue weighted by atomic mass is 9.95. The van der Waals surface area contributed by atoms with E-state index >= 15 is 0 Å². The highest BCUT2D eigenvalue weighted by Crippen LogP contribution is 2.39. The smallest absolute Gasteiger partial charge is 0.290 e. The number of ketones is 1. The van der Waals surface area contributed by atoms with Gasteiger partial charge in [0.1, 0.15) is 12.4 Å². The van der Waals surface area contributed by atoms with Crippen LogP contribution in [0.4, 0.5) is 0 Å². The lowest BCUT2D eigenvalue weighted by Gasteiger charge is -2.27. The molecule has 0 aliphatic carbocycles. The molecule has 1 atom stereocenters. The number of benzene rings is 3. The molecular formula is C30H29NO5. The summed E-state index contributed by atoms with van der Waals surface area (Å²) in [5, 5.41) is 10.8. The fourth-order valence-electron chi connectivity index (χ4n) is 4.20. The second kappa shape index (κ2) is 12.0. The number of aliphatic hydroxyl groups excluding tert-OH is 1. The van der Waals surface area contributed by atoms with Gasteiger partial charge in [0, 0.05) is 20.3 Å². The molecule has 3 aromatic rings. The molecular weight excluding hydrogens is 454 g/mol. The van der Waals surface area contributed by atoms with E-state index in [-0.39, 0.29) is 5.57 Å². The first-order valence-corrected chi connectivity index (χ1v) is 11.9. The van der Waals surface area contributed by atoms with Gasteiger partial charge in [-0.25, -0.2) is 0 Å². The van der Waals surface area contributed by atoms with Crippen LogP contribution in [0.5, 0.6) is 5.75 Å². The van der Waals surface area contributed by atoms with Crippen LogP contribution in [0, 0.1) is 0 Å². The largest absolute Gasteiger partial charge is 0.503 e. The molecule has 0 saturated carbocycles. The van der Waals surface area contributed by atoms with Crippen molar-refractivity contribution in [2.24, 2.45) is 0 Å². The Labute approximate surface area is 211 Å². The highest BCUT2D eigenvalue weighted by molar-refractivity contribution is 6.14. The Morgan fingerprint density at radius 3 is 2.44 bits per heavy atom. The summed E-state index contributed by atoms with van der Waals surface area (Å²) in [7, 11) is 1.59. The number of carbonyl (C=O) groups excluding carboxylic acids is 2. The van der Waals surface area contributed by atoms with Gasteiger partial charge >= 0.3 is 0 Å². The van der Waals surface area contributed by atoms with Crippen LogP contribution in [0.3, 0.4) is 0 Å². The number of carbonyl (C=O) groups is 2. The molecule has 1 unspecified atom stereocenters. The lowest BCUT2D eigenvalue weighted by Crippen LogP contribution is -2.32. The molecule has 36 heavy (non-hydrogen) atoms. The summed E-state index contributed by atoms with van der Waals surface area (Å²) in [5.41, 5.74) is 2.62. The molecule has 0 fully saturated rings. The van der Waals surface area contributed by atoms with E-state index in [1.165, 1.54) is 11.0 Å². The van der Waals surface area contributed by atoms with E-state index in [4.69, 9.17) is 9.47 Å². The van der Waals surface area contributed by atoms with Crippen LogP contribution in [0.25, 0.3) is 6.08 Å². The molecule has 3 aromatic carbocycles. The molecule has 0 aromatic heterocycles. The minimum atomic E-state index is -0.734. The van der Waals surface area contributed by atoms with Gasteiger partial charge in [-0.1, -0.05) is 78.9 Å². The van der Waals surface area contributed by atoms with Crippen LogP contribution >= 0.6 is 0 Å². The minimum absolute atomic E-state index is 0.0600. The summed E-state index contributed by atoms with van der Waals surface area (Å²) >= 11 is 0. The molecule has 1 heterocycles. The molecule has 184 valence electrons. The van der Waals surface area contributed by atoms with Crippen LogP contribution in [-0.4, -0.2) is 42.0 Å². The first-order chi connectivity index (χ1) is 17.6. The molecule has 1 amide bonds. The van der Waals surface area contributed by atoms with Crippen molar-refractivity contribution in [3.05, 3.63) is 119 Å². The average molecular weight is 484 g/mol. The molecule has 6 nitrogen and oxygen atoms in total. The number of amides is 1. The van der Waals surface area contributed by atoms with Gasteiger partial charge in [0.25, 0.3) is 5.91 Å². The van der Waals surface area contributed by atoms with E-state index in [9.17, 15) is 14.7 Å². The second-order valence-corrected chi connectivity index (χ2v) is 8.46. The second-order valence-electron chi connectivity index (χ2n) is 8.46. The molecule has 1 aliphatic heterocycles. The predicted octanol–water partition coefficient (Wildman–Crippen LogP) is 5.28. The number of hydrogen-bond acceptors (Lipinski definition) is 5. The maximum absolute atomic E-state index is 13.3. The molecule has 0 radical (unpaired) electrons. The molecule has 1 N–H and O–H groups in total. The van der Waals surface area contributed by atoms with Crippen molar-refractivity contribution in [3.63, 3.8) is 0 Å². The fraction of sp³-hybridized carbons (Fsp3) is 0.200. The Morgan fingerprint density at radius 1 is 1.00 bits per heavy atom. The van der Waals surface area contributed by atoms with Crippen LogP contribution < -0.4 is 4.74 Å². The Bertz CT molecular complexity index is 1250. The third-order valence-corrected chi connectivity index (χ3v) is 5.97. The number of methoxy groups -OCH3 is 1. The van der Waals surface area contributed by atoms with Crippen molar-refractivity contribution < 1.29 is 24.2 Å². The quantitative estimate of drug-likeness (QED) is 0.297. The van der Waals surface area contributed by atoms with Crippen LogP contribution in [-0.2, 0) is 20.9 Å². The standard InChI is InChI=1S/C30H29NO5/c1-35-19-9-18-31-28(24-14-8-15-25(20-24)36-21-23-12-6-3-7-13-23)27(29(33)30(31)34)26(32)17-16-22-10-4-2-5-11-22/h2-8,10-17,20,28,33H,9,18-19,21H2,1H3. The van der Waals surface area contributed by atoms with Crippen molar-refractivity contribution in [1.82, 2.24) is 4.90 Å². The number of ether oxygens (including phenoxy) is 2. The number of hydrogen-bond donors (Lipinski definition) is 1. The topological polar surface area (TPSA) is 76.1 Å². The highest BCUT2D eigenvalue weighted by Gasteiger charge is 2.42. The maximum Gasteiger partial charge on any atom is 0.290 e. The zero-order valence-electron chi connectivity index (χ0n) is 20.2. The van der Waals surface area contributed by atoms with E-state index in [1.54, 1.807) is 13.2 Å². The number of allylic oxidation sites excluding steroid dienone is 1. The van der Waals surface area contributed by atoms with Gasteiger partial charge in [-0.15, -0.1) is 0 Å². The van der Waals surface area contributed by atoms with Crippen LogP contribution in [0.15, 0.2) is 102 Å². The lowest BCUT2D eigenvalue weighted by molar-refractivity contribution is -0.129. The summed E-state index contributed by atoms with van der Waals surface area (Å²) in [4.78, 5) is 27.8. The maximum atomic E-state index is 13.3. The van der Waals surface area contributed by atoms with E-state index in [2.05, 4.69) is 0 Å². The minimum Gasteiger partial charge on any atom is -0.503 e. The summed E-state index contributed by atoms with van der Waals surface area (Å²) in [6.45, 7) is 1.17. The Kier molecular flexibility index (Phi) is 8.32. The average Bonchev–Trinajstić information content (AvgIpc) is 3.17. The summed E-state index contributed by atoms with van der Waals surface area (Å²) in [6.07, 6.45) is 3.64. The van der Waals surface area contributed by atoms with Crippen molar-refractivity contribution in [2.45, 2.75) is 19.1 Å². The van der Waals surface area contributed by atoms with Gasteiger partial charge in [-0.05, 0) is 41.3 Å². The van der Waals surface area contributed by atoms with E-state index < -0.39 is 23.5 Å². The van der Waals surface area contributed by atoms with Gasteiger partial charge in [0.05, 0.1) is 11.6 Å². The van der Waals surface area contributed by atoms with Gasteiger partial charge in [-0.2, -0.15) is 0 Å². The summed E-state index contributed by atoms with van der Waals surface area (Å²) in [5.74, 6) is -0.892. The first-order valence-electron chi connectivity index (χ1n) is 11.9. The van der Waals surface area contributed by atoms with Crippen molar-refractivity contribution in [1.29, 1.82) is 0 Å². The van der Waals surface area contributed by atoms with E-state index in [0.29, 0.717) is 37.5 Å². The van der Waals surface area contributed by atoms with Gasteiger partial charge in [0.2, 0.25) is 0 Å². The SMILES string of the molecule is COCCCN1C(=O)C(O)=C(C(=O)C=Cc2ccccc2)C1c1cccc(OCc2ccccc2)c1. The molecule has 6 heteroatoms. The Morgan fingerprint density at radius 2 is 1.72 bits per heavy atom. The van der Waals surface area contributed by atoms with Crippen molar-refractivity contribution in [3.8, 4) is 5.75 Å². The summed E-state index contributed by atoms with van der Waals surface area (Å²) in [6, 6.07) is 25.8.